The maximum absolute atomic E-state index is 11.1. The van der Waals surface area contributed by atoms with Crippen LogP contribution >= 0.6 is 0 Å². The van der Waals surface area contributed by atoms with E-state index in [1.165, 1.54) is 6.92 Å². The first-order chi connectivity index (χ1) is 8.32. The van der Waals surface area contributed by atoms with Crippen LogP contribution in [0.4, 0.5) is 4.79 Å². The quantitative estimate of drug-likeness (QED) is 0.334. The summed E-state index contributed by atoms with van der Waals surface area (Å²) < 4.78 is 19.6. The van der Waals surface area contributed by atoms with Gasteiger partial charge in [0.05, 0.1) is 6.61 Å². The lowest BCUT2D eigenvalue weighted by molar-refractivity contribution is -0.139. The van der Waals surface area contributed by atoms with E-state index < -0.39 is 35.6 Å². The summed E-state index contributed by atoms with van der Waals surface area (Å²) in [7, 11) is 0. The van der Waals surface area contributed by atoms with Crippen LogP contribution in [0.3, 0.4) is 0 Å². The largest absolute Gasteiger partial charge is 0.573 e. The van der Waals surface area contributed by atoms with Crippen molar-refractivity contribution in [2.75, 3.05) is 6.61 Å². The molecule has 0 aliphatic carbocycles. The van der Waals surface area contributed by atoms with Crippen LogP contribution in [0.1, 0.15) is 19.8 Å². The number of hydrogen-bond acceptors (Lipinski definition) is 6. The van der Waals surface area contributed by atoms with Crippen LogP contribution in [-0.2, 0) is 25.9 Å². The van der Waals surface area contributed by atoms with Gasteiger partial charge in [-0.15, -0.1) is 9.44 Å². The molecule has 0 bridgehead atoms. The van der Waals surface area contributed by atoms with Crippen molar-refractivity contribution in [1.29, 1.82) is 0 Å². The lowest BCUT2D eigenvalue weighted by Gasteiger charge is -2.12. The predicted molar refractivity (Wildman–Crippen MR) is 59.7 cm³/mol. The van der Waals surface area contributed by atoms with E-state index in [0.29, 0.717) is 0 Å². The first-order valence-electron chi connectivity index (χ1n) is 4.89. The number of rotatable bonds is 8. The Morgan fingerprint density at radius 3 is 2.50 bits per heavy atom. The molecular formula is C8H14N2O7S. The van der Waals surface area contributed by atoms with E-state index in [1.54, 1.807) is 0 Å². The minimum atomic E-state index is -2.09. The molecule has 104 valence electrons. The number of hydrogen-bond donors (Lipinski definition) is 4. The summed E-state index contributed by atoms with van der Waals surface area (Å²) in [5.74, 6) is -2.24. The monoisotopic (exact) mass is 282 g/mol. The molecule has 0 saturated heterocycles. The number of carbonyl (C=O) groups excluding carboxylic acids is 1. The molecule has 4 N–H and O–H groups in total. The highest BCUT2D eigenvalue weighted by atomic mass is 32.2. The van der Waals surface area contributed by atoms with E-state index in [-0.39, 0.29) is 19.4 Å². The lowest BCUT2D eigenvalue weighted by atomic mass is 10.3. The molecule has 0 heterocycles. The normalized spacial score (nSPS) is 13.4. The van der Waals surface area contributed by atoms with Gasteiger partial charge in [-0.05, 0) is 13.3 Å². The predicted octanol–water partition coefficient (Wildman–Crippen LogP) is -0.781. The number of carboxylic acid groups (broad SMARTS) is 2. The van der Waals surface area contributed by atoms with Gasteiger partial charge in [0.25, 0.3) is 0 Å². The van der Waals surface area contributed by atoms with Gasteiger partial charge >= 0.3 is 18.0 Å². The summed E-state index contributed by atoms with van der Waals surface area (Å²) in [6.45, 7) is 1.12. The van der Waals surface area contributed by atoms with Gasteiger partial charge < -0.3 is 19.5 Å². The van der Waals surface area contributed by atoms with Crippen molar-refractivity contribution in [3.63, 3.8) is 0 Å². The summed E-state index contributed by atoms with van der Waals surface area (Å²) in [6.07, 6.45) is -1.04. The number of ether oxygens (including phenoxy) is 1. The standard InChI is InChI=1S/C8H14N2O7S/c1-5(7(13)14)9-18(16)10-8(15)17-4-2-3-6(11)12/h5,9H,2-4H2,1H3,(H,10,15)(H,11,12)(H,13,14). The molecule has 0 radical (unpaired) electrons. The van der Waals surface area contributed by atoms with Gasteiger partial charge in [0.2, 0.25) is 0 Å². The Bertz CT molecular complexity index is 312. The van der Waals surface area contributed by atoms with Crippen LogP contribution in [0, 0.1) is 0 Å². The first kappa shape index (κ1) is 16.5. The van der Waals surface area contributed by atoms with E-state index in [2.05, 4.69) is 9.46 Å². The average molecular weight is 282 g/mol. The second kappa shape index (κ2) is 8.55. The zero-order valence-electron chi connectivity index (χ0n) is 9.54. The van der Waals surface area contributed by atoms with Crippen LogP contribution in [0.2, 0.25) is 0 Å². The molecule has 18 heavy (non-hydrogen) atoms. The highest BCUT2D eigenvalue weighted by molar-refractivity contribution is 7.88. The van der Waals surface area contributed by atoms with E-state index in [9.17, 15) is 18.9 Å². The molecule has 0 aliphatic rings. The third kappa shape index (κ3) is 8.61. The Balaban J connectivity index is 3.73. The van der Waals surface area contributed by atoms with Crippen molar-refractivity contribution in [3.05, 3.63) is 0 Å². The zero-order valence-corrected chi connectivity index (χ0v) is 10.4. The molecule has 0 aromatic heterocycles. The van der Waals surface area contributed by atoms with Crippen LogP contribution < -0.4 is 9.44 Å². The molecule has 0 aliphatic heterocycles. The minimum absolute atomic E-state index is 0.133. The SMILES string of the molecule is CC(N[S+]([O-])NC(=O)OCCCC(=O)O)C(=O)O. The summed E-state index contributed by atoms with van der Waals surface area (Å²) in [4.78, 5) is 31.5. The molecule has 0 aromatic carbocycles. The van der Waals surface area contributed by atoms with Gasteiger partial charge in [-0.2, -0.15) is 0 Å². The van der Waals surface area contributed by atoms with E-state index in [0.717, 1.165) is 0 Å². The maximum Gasteiger partial charge on any atom is 0.450 e. The van der Waals surface area contributed by atoms with Crippen LogP contribution in [0.5, 0.6) is 0 Å². The number of aliphatic carboxylic acids is 2. The molecule has 0 spiro atoms. The Labute approximate surface area is 106 Å². The summed E-state index contributed by atoms with van der Waals surface area (Å²) in [5.41, 5.74) is 0. The maximum atomic E-state index is 11.1. The van der Waals surface area contributed by atoms with Crippen LogP contribution in [-0.4, -0.2) is 45.4 Å². The Hall–Kier alpha value is -1.52. The van der Waals surface area contributed by atoms with Gasteiger partial charge in [0, 0.05) is 6.42 Å². The fourth-order valence-corrected chi connectivity index (χ4v) is 1.42. The molecule has 2 atom stereocenters. The minimum Gasteiger partial charge on any atom is -0.573 e. The number of nitrogens with one attached hydrogen (secondary N) is 2. The Kier molecular flexibility index (Phi) is 7.83. The molecule has 1 amide bonds. The van der Waals surface area contributed by atoms with Crippen LogP contribution in [0.15, 0.2) is 0 Å². The van der Waals surface area contributed by atoms with Crippen LogP contribution in [0.25, 0.3) is 0 Å². The van der Waals surface area contributed by atoms with Crippen molar-refractivity contribution in [2.45, 2.75) is 25.8 Å². The highest BCUT2D eigenvalue weighted by Crippen LogP contribution is 1.92. The van der Waals surface area contributed by atoms with Gasteiger partial charge in [-0.1, -0.05) is 0 Å². The molecule has 10 heteroatoms. The van der Waals surface area contributed by atoms with E-state index >= 15 is 0 Å². The molecule has 9 nitrogen and oxygen atoms in total. The number of carboxylic acids is 2. The first-order valence-corrected chi connectivity index (χ1v) is 6.04. The highest BCUT2D eigenvalue weighted by Gasteiger charge is 2.20. The smallest absolute Gasteiger partial charge is 0.450 e. The van der Waals surface area contributed by atoms with Crippen molar-refractivity contribution in [2.24, 2.45) is 0 Å². The summed E-state index contributed by atoms with van der Waals surface area (Å²) in [5, 5.41) is 16.8. The molecule has 0 rings (SSSR count). The van der Waals surface area contributed by atoms with Gasteiger partial charge in [-0.3, -0.25) is 9.59 Å². The zero-order chi connectivity index (χ0) is 14.1. The topological polar surface area (TPSA) is 148 Å². The summed E-state index contributed by atoms with van der Waals surface area (Å²) >= 11 is -2.09. The Morgan fingerprint density at radius 1 is 1.39 bits per heavy atom. The fourth-order valence-electron chi connectivity index (χ4n) is 0.734. The molecule has 2 unspecified atom stereocenters. The number of carbonyl (C=O) groups is 3. The molecular weight excluding hydrogens is 268 g/mol. The summed E-state index contributed by atoms with van der Waals surface area (Å²) in [6, 6.07) is -1.10. The van der Waals surface area contributed by atoms with Gasteiger partial charge in [-0.25, -0.2) is 4.79 Å². The van der Waals surface area contributed by atoms with Gasteiger partial charge in [0.15, 0.2) is 11.5 Å². The molecule has 0 saturated carbocycles. The van der Waals surface area contributed by atoms with Crippen molar-refractivity contribution >= 4 is 29.6 Å². The van der Waals surface area contributed by atoms with Crippen molar-refractivity contribution < 1.29 is 33.9 Å². The third-order valence-electron chi connectivity index (χ3n) is 1.60. The Morgan fingerprint density at radius 2 is 2.00 bits per heavy atom. The van der Waals surface area contributed by atoms with E-state index in [4.69, 9.17) is 10.2 Å². The fraction of sp³-hybridized carbons (Fsp3) is 0.625. The number of amides is 1. The molecule has 0 aromatic rings. The average Bonchev–Trinajstić information content (AvgIpc) is 2.23. The van der Waals surface area contributed by atoms with E-state index in [1.807, 2.05) is 4.72 Å². The molecule has 0 fully saturated rings. The third-order valence-corrected chi connectivity index (χ3v) is 2.52. The van der Waals surface area contributed by atoms with Crippen molar-refractivity contribution in [3.8, 4) is 0 Å². The second-order valence-electron chi connectivity index (χ2n) is 3.18. The lowest BCUT2D eigenvalue weighted by Crippen LogP contribution is -2.47. The van der Waals surface area contributed by atoms with Gasteiger partial charge in [0.1, 0.15) is 6.04 Å². The second-order valence-corrected chi connectivity index (χ2v) is 4.16. The van der Waals surface area contributed by atoms with Crippen molar-refractivity contribution in [1.82, 2.24) is 9.44 Å².